The number of aromatic nitrogens is 3. The number of hydrogen-bond acceptors (Lipinski definition) is 5. The molecular weight excluding hydrogens is 486 g/mol. The van der Waals surface area contributed by atoms with Gasteiger partial charge < -0.3 is 4.74 Å². The van der Waals surface area contributed by atoms with Crippen molar-refractivity contribution in [3.63, 3.8) is 0 Å². The van der Waals surface area contributed by atoms with E-state index in [-0.39, 0.29) is 12.3 Å². The summed E-state index contributed by atoms with van der Waals surface area (Å²) in [4.78, 5) is 8.16. The van der Waals surface area contributed by atoms with E-state index in [1.165, 1.54) is 7.11 Å². The number of nitrogens with zero attached hydrogens (tertiary/aromatic N) is 3. The second-order valence-electron chi connectivity index (χ2n) is 7.99. The van der Waals surface area contributed by atoms with Crippen LogP contribution in [0.3, 0.4) is 0 Å². The Bertz CT molecular complexity index is 1670. The highest BCUT2D eigenvalue weighted by atomic mass is 32.2. The van der Waals surface area contributed by atoms with Gasteiger partial charge in [0.15, 0.2) is 0 Å². The van der Waals surface area contributed by atoms with E-state index in [0.29, 0.717) is 17.3 Å². The summed E-state index contributed by atoms with van der Waals surface area (Å²) < 4.78 is 62.9. The molecule has 5 rings (SSSR count). The third-order valence-electron chi connectivity index (χ3n) is 5.59. The lowest BCUT2D eigenvalue weighted by atomic mass is 10.1. The van der Waals surface area contributed by atoms with Crippen LogP contribution in [0.4, 0.5) is 14.5 Å². The van der Waals surface area contributed by atoms with Crippen LogP contribution in [-0.2, 0) is 21.4 Å². The van der Waals surface area contributed by atoms with Crippen molar-refractivity contribution < 1.29 is 21.9 Å². The van der Waals surface area contributed by atoms with E-state index in [2.05, 4.69) is 14.7 Å². The van der Waals surface area contributed by atoms with Crippen molar-refractivity contribution in [3.8, 4) is 16.8 Å². The normalized spacial score (nSPS) is 11.6. The zero-order valence-corrected chi connectivity index (χ0v) is 19.8. The smallest absolute Gasteiger partial charge is 0.264 e. The van der Waals surface area contributed by atoms with Gasteiger partial charge in [0, 0.05) is 30.6 Å². The van der Waals surface area contributed by atoms with Gasteiger partial charge in [-0.2, -0.15) is 0 Å². The molecule has 0 spiro atoms. The molecule has 182 valence electrons. The van der Waals surface area contributed by atoms with Crippen molar-refractivity contribution in [1.82, 2.24) is 14.5 Å². The monoisotopic (exact) mass is 506 g/mol. The van der Waals surface area contributed by atoms with E-state index in [1.54, 1.807) is 18.6 Å². The average Bonchev–Trinajstić information content (AvgIpc) is 3.29. The third-order valence-corrected chi connectivity index (χ3v) is 6.99. The summed E-state index contributed by atoms with van der Waals surface area (Å²) in [6.07, 6.45) is 3.34. The first-order valence-corrected chi connectivity index (χ1v) is 12.3. The van der Waals surface area contributed by atoms with Crippen LogP contribution in [0.5, 0.6) is 0 Å². The second-order valence-corrected chi connectivity index (χ2v) is 9.64. The van der Waals surface area contributed by atoms with E-state index in [4.69, 9.17) is 4.74 Å². The molecule has 1 N–H and O–H groups in total. The minimum Gasteiger partial charge on any atom is -0.378 e. The van der Waals surface area contributed by atoms with Crippen LogP contribution in [-0.4, -0.2) is 30.1 Å². The summed E-state index contributed by atoms with van der Waals surface area (Å²) in [7, 11) is -2.92. The zero-order valence-electron chi connectivity index (χ0n) is 19.0. The number of hydrogen-bond donors (Lipinski definition) is 1. The third kappa shape index (κ3) is 4.56. The van der Waals surface area contributed by atoms with Gasteiger partial charge in [0.25, 0.3) is 10.0 Å². The number of pyridine rings is 1. The zero-order chi connectivity index (χ0) is 25.3. The predicted molar refractivity (Wildman–Crippen MR) is 132 cm³/mol. The molecule has 0 aliphatic rings. The lowest BCUT2D eigenvalue weighted by Crippen LogP contribution is -2.16. The van der Waals surface area contributed by atoms with Gasteiger partial charge >= 0.3 is 0 Å². The van der Waals surface area contributed by atoms with Gasteiger partial charge in [-0.3, -0.25) is 14.3 Å². The Morgan fingerprint density at radius 1 is 0.944 bits per heavy atom. The van der Waals surface area contributed by atoms with Gasteiger partial charge in [0.1, 0.15) is 22.9 Å². The molecule has 0 aliphatic carbocycles. The van der Waals surface area contributed by atoms with Crippen LogP contribution >= 0.6 is 0 Å². The maximum atomic E-state index is 14.2. The van der Waals surface area contributed by atoms with Crippen molar-refractivity contribution in [2.45, 2.75) is 11.5 Å². The lowest BCUT2D eigenvalue weighted by molar-refractivity contribution is 0.182. The first-order chi connectivity index (χ1) is 17.4. The van der Waals surface area contributed by atoms with Crippen molar-refractivity contribution in [2.24, 2.45) is 0 Å². The maximum Gasteiger partial charge on any atom is 0.264 e. The molecule has 0 fully saturated rings. The first-order valence-electron chi connectivity index (χ1n) is 10.8. The Hall–Kier alpha value is -4.15. The van der Waals surface area contributed by atoms with Crippen LogP contribution in [0.2, 0.25) is 0 Å². The van der Waals surface area contributed by atoms with Gasteiger partial charge in [-0.1, -0.05) is 24.3 Å². The quantitative estimate of drug-likeness (QED) is 0.323. The number of benzene rings is 3. The number of anilines is 1. The first kappa shape index (κ1) is 23.6. The van der Waals surface area contributed by atoms with E-state index in [0.717, 1.165) is 34.4 Å². The Balaban J connectivity index is 1.57. The number of para-hydroxylation sites is 1. The van der Waals surface area contributed by atoms with Crippen LogP contribution < -0.4 is 4.72 Å². The fourth-order valence-corrected chi connectivity index (χ4v) is 5.00. The molecule has 0 saturated heterocycles. The summed E-state index contributed by atoms with van der Waals surface area (Å²) in [6.45, 7) is 0.0177. The highest BCUT2D eigenvalue weighted by Crippen LogP contribution is 2.30. The molecule has 5 aromatic rings. The number of halogens is 2. The van der Waals surface area contributed by atoms with E-state index in [1.807, 2.05) is 53.1 Å². The molecule has 2 heterocycles. The summed E-state index contributed by atoms with van der Waals surface area (Å²) in [5.74, 6) is -2.07. The summed E-state index contributed by atoms with van der Waals surface area (Å²) in [6, 6.07) is 19.3. The number of ether oxygens (including phenoxy) is 1. The van der Waals surface area contributed by atoms with Gasteiger partial charge in [0.2, 0.25) is 0 Å². The highest BCUT2D eigenvalue weighted by Gasteiger charge is 2.22. The SMILES string of the molecule is COCc1ncc(-c2ccc3ncn(-c4ccccc4)c3c2)cc1NS(=O)(=O)c1ccc(F)cc1F. The van der Waals surface area contributed by atoms with Crippen LogP contribution in [0.25, 0.3) is 27.8 Å². The summed E-state index contributed by atoms with van der Waals surface area (Å²) in [5, 5.41) is 0. The number of methoxy groups -OCH3 is 1. The van der Waals surface area contributed by atoms with Crippen LogP contribution in [0, 0.1) is 11.6 Å². The Kier molecular flexibility index (Phi) is 6.21. The van der Waals surface area contributed by atoms with Crippen molar-refractivity contribution >= 4 is 26.7 Å². The largest absolute Gasteiger partial charge is 0.378 e. The van der Waals surface area contributed by atoms with Gasteiger partial charge in [-0.25, -0.2) is 22.2 Å². The fraction of sp³-hybridized carbons (Fsp3) is 0.0769. The van der Waals surface area contributed by atoms with Gasteiger partial charge in [0.05, 0.1) is 29.0 Å². The number of sulfonamides is 1. The molecule has 0 atom stereocenters. The van der Waals surface area contributed by atoms with E-state index < -0.39 is 26.6 Å². The number of imidazole rings is 1. The maximum absolute atomic E-state index is 14.2. The topological polar surface area (TPSA) is 86.1 Å². The van der Waals surface area contributed by atoms with Gasteiger partial charge in [-0.15, -0.1) is 0 Å². The fourth-order valence-electron chi connectivity index (χ4n) is 3.87. The molecule has 2 aromatic heterocycles. The molecule has 0 aliphatic heterocycles. The van der Waals surface area contributed by atoms with Crippen molar-refractivity contribution in [1.29, 1.82) is 0 Å². The highest BCUT2D eigenvalue weighted by molar-refractivity contribution is 7.92. The van der Waals surface area contributed by atoms with Crippen molar-refractivity contribution in [2.75, 3.05) is 11.8 Å². The Morgan fingerprint density at radius 3 is 2.50 bits per heavy atom. The summed E-state index contributed by atoms with van der Waals surface area (Å²) in [5.41, 5.74) is 4.41. The number of rotatable bonds is 7. The molecule has 10 heteroatoms. The molecule has 3 aromatic carbocycles. The molecule has 0 unspecified atom stereocenters. The Morgan fingerprint density at radius 2 is 1.75 bits per heavy atom. The molecule has 7 nitrogen and oxygen atoms in total. The molecular formula is C26H20F2N4O3S. The van der Waals surface area contributed by atoms with Crippen LogP contribution in [0.15, 0.2) is 90.2 Å². The van der Waals surface area contributed by atoms with Crippen molar-refractivity contribution in [3.05, 3.63) is 103 Å². The molecule has 0 saturated carbocycles. The summed E-state index contributed by atoms with van der Waals surface area (Å²) >= 11 is 0. The Labute approximate surface area is 206 Å². The molecule has 36 heavy (non-hydrogen) atoms. The number of fused-ring (bicyclic) bond motifs is 1. The van der Waals surface area contributed by atoms with Crippen LogP contribution in [0.1, 0.15) is 5.69 Å². The minimum atomic E-state index is -4.37. The van der Waals surface area contributed by atoms with E-state index in [9.17, 15) is 17.2 Å². The second kappa shape index (κ2) is 9.48. The lowest BCUT2D eigenvalue weighted by Gasteiger charge is -2.14. The molecule has 0 radical (unpaired) electrons. The average molecular weight is 507 g/mol. The standard InChI is InChI=1S/C26H20F2N4O3S/c1-35-15-24-23(31-36(33,34)26-10-8-19(27)13-21(26)28)11-18(14-29-24)17-7-9-22-25(12-17)32(16-30-22)20-5-3-2-4-6-20/h2-14,16,31H,15H2,1H3. The van der Waals surface area contributed by atoms with Gasteiger partial charge in [-0.05, 0) is 48.0 Å². The minimum absolute atomic E-state index is 0.0177. The molecule has 0 bridgehead atoms. The molecule has 0 amide bonds. The van der Waals surface area contributed by atoms with E-state index >= 15 is 0 Å². The predicted octanol–water partition coefficient (Wildman–Crippen LogP) is 5.31. The number of nitrogens with one attached hydrogen (secondary N) is 1.